The first-order valence-corrected chi connectivity index (χ1v) is 8.50. The Bertz CT molecular complexity index is 557. The minimum Gasteiger partial charge on any atom is -0.476 e. The molecule has 1 heterocycles. The Morgan fingerprint density at radius 1 is 1.47 bits per heavy atom. The average Bonchev–Trinajstić information content (AvgIpc) is 2.24. The number of carboxylic acid groups (broad SMARTS) is 1. The summed E-state index contributed by atoms with van der Waals surface area (Å²) in [5.74, 6) is 1.70. The van der Waals surface area contributed by atoms with Crippen molar-refractivity contribution in [3.63, 3.8) is 0 Å². The summed E-state index contributed by atoms with van der Waals surface area (Å²) in [7, 11) is -1.59. The van der Waals surface area contributed by atoms with Gasteiger partial charge in [-0.15, -0.1) is 5.54 Å². The molecule has 0 saturated carbocycles. The molecular formula is C12H12N2O2Si. The number of carbonyl (C=O) groups is 1. The van der Waals surface area contributed by atoms with E-state index in [1.807, 2.05) is 6.07 Å². The van der Waals surface area contributed by atoms with Crippen molar-refractivity contribution in [3.8, 4) is 17.5 Å². The molecular weight excluding hydrogens is 232 g/mol. The van der Waals surface area contributed by atoms with Gasteiger partial charge in [0.25, 0.3) is 0 Å². The van der Waals surface area contributed by atoms with E-state index >= 15 is 0 Å². The van der Waals surface area contributed by atoms with Gasteiger partial charge in [-0.1, -0.05) is 25.6 Å². The molecule has 4 nitrogen and oxygen atoms in total. The Balaban J connectivity index is 3.33. The molecule has 17 heavy (non-hydrogen) atoms. The zero-order valence-corrected chi connectivity index (χ0v) is 10.9. The Labute approximate surface area is 101 Å². The maximum Gasteiger partial charge on any atom is 0.355 e. The lowest BCUT2D eigenvalue weighted by Gasteiger charge is -2.04. The molecule has 0 spiro atoms. The van der Waals surface area contributed by atoms with Crippen LogP contribution in [0.1, 0.15) is 21.6 Å². The lowest BCUT2D eigenvalue weighted by atomic mass is 10.1. The fourth-order valence-electron chi connectivity index (χ4n) is 1.05. The van der Waals surface area contributed by atoms with E-state index in [9.17, 15) is 4.79 Å². The van der Waals surface area contributed by atoms with E-state index in [0.29, 0.717) is 11.1 Å². The molecule has 1 aromatic rings. The summed E-state index contributed by atoms with van der Waals surface area (Å²) in [5, 5.41) is 17.7. The number of carboxylic acids is 1. The number of hydrogen-bond donors (Lipinski definition) is 1. The van der Waals surface area contributed by atoms with Crippen molar-refractivity contribution in [1.29, 1.82) is 5.26 Å². The number of pyridine rings is 1. The third-order valence-electron chi connectivity index (χ3n) is 1.79. The van der Waals surface area contributed by atoms with E-state index in [-0.39, 0.29) is 5.69 Å². The molecule has 5 heteroatoms. The van der Waals surface area contributed by atoms with E-state index in [1.165, 1.54) is 12.3 Å². The van der Waals surface area contributed by atoms with Crippen molar-refractivity contribution >= 4 is 14.0 Å². The molecule has 0 aliphatic heterocycles. The fourth-order valence-corrected chi connectivity index (χ4v) is 1.56. The predicted octanol–water partition coefficient (Wildman–Crippen LogP) is 1.88. The maximum atomic E-state index is 10.9. The first-order valence-electron chi connectivity index (χ1n) is 5.00. The molecule has 0 aromatic carbocycles. The van der Waals surface area contributed by atoms with Gasteiger partial charge in [-0.25, -0.2) is 9.78 Å². The Kier molecular flexibility index (Phi) is 3.67. The van der Waals surface area contributed by atoms with Gasteiger partial charge in [-0.3, -0.25) is 0 Å². The summed E-state index contributed by atoms with van der Waals surface area (Å²) in [5.41, 5.74) is 3.58. The Hall–Kier alpha value is -2.11. The molecule has 0 radical (unpaired) electrons. The van der Waals surface area contributed by atoms with Crippen LogP contribution in [0.4, 0.5) is 0 Å². The minimum absolute atomic E-state index is 0.102. The van der Waals surface area contributed by atoms with Crippen LogP contribution in [0.2, 0.25) is 19.6 Å². The van der Waals surface area contributed by atoms with Gasteiger partial charge in [0.05, 0.1) is 11.1 Å². The minimum atomic E-state index is -1.59. The highest BCUT2D eigenvalue weighted by Gasteiger charge is 2.12. The molecule has 86 valence electrons. The van der Waals surface area contributed by atoms with Crippen molar-refractivity contribution in [2.75, 3.05) is 0 Å². The van der Waals surface area contributed by atoms with E-state index in [0.717, 1.165) is 0 Å². The molecule has 0 aliphatic rings. The van der Waals surface area contributed by atoms with Crippen LogP contribution in [0.3, 0.4) is 0 Å². The summed E-state index contributed by atoms with van der Waals surface area (Å²) in [4.78, 5) is 14.7. The number of nitriles is 1. The fraction of sp³-hybridized carbons (Fsp3) is 0.250. The molecule has 0 bridgehead atoms. The summed E-state index contributed by atoms with van der Waals surface area (Å²) < 4.78 is 0. The SMILES string of the molecule is C[Si](C)(C)C#Cc1cc(C#N)cnc1C(=O)O. The van der Waals surface area contributed by atoms with Crippen LogP contribution in [0.15, 0.2) is 12.3 Å². The summed E-state index contributed by atoms with van der Waals surface area (Å²) in [6.07, 6.45) is 1.24. The van der Waals surface area contributed by atoms with E-state index in [4.69, 9.17) is 10.4 Å². The molecule has 0 unspecified atom stereocenters. The van der Waals surface area contributed by atoms with Gasteiger partial charge in [0, 0.05) is 6.20 Å². The van der Waals surface area contributed by atoms with Gasteiger partial charge >= 0.3 is 5.97 Å². The van der Waals surface area contributed by atoms with Crippen LogP contribution in [0, 0.1) is 22.8 Å². The van der Waals surface area contributed by atoms with E-state index in [1.54, 1.807) is 0 Å². The van der Waals surface area contributed by atoms with Crippen LogP contribution in [-0.4, -0.2) is 24.1 Å². The molecule has 0 aliphatic carbocycles. The predicted molar refractivity (Wildman–Crippen MR) is 66.1 cm³/mol. The zero-order valence-electron chi connectivity index (χ0n) is 9.90. The van der Waals surface area contributed by atoms with Crippen molar-refractivity contribution in [1.82, 2.24) is 4.98 Å². The summed E-state index contributed by atoms with van der Waals surface area (Å²) >= 11 is 0. The smallest absolute Gasteiger partial charge is 0.355 e. The van der Waals surface area contributed by atoms with Crippen molar-refractivity contribution < 1.29 is 9.90 Å². The average molecular weight is 244 g/mol. The normalized spacial score (nSPS) is 10.0. The zero-order chi connectivity index (χ0) is 13.1. The monoisotopic (exact) mass is 244 g/mol. The van der Waals surface area contributed by atoms with Crippen LogP contribution < -0.4 is 0 Å². The first kappa shape index (κ1) is 13.0. The lowest BCUT2D eigenvalue weighted by molar-refractivity contribution is 0.0690. The molecule has 0 fully saturated rings. The lowest BCUT2D eigenvalue weighted by Crippen LogP contribution is -2.16. The second-order valence-corrected chi connectivity index (χ2v) is 9.29. The largest absolute Gasteiger partial charge is 0.476 e. The van der Waals surface area contributed by atoms with Gasteiger partial charge in [0.2, 0.25) is 0 Å². The number of aromatic carboxylic acids is 1. The van der Waals surface area contributed by atoms with Crippen LogP contribution >= 0.6 is 0 Å². The molecule has 0 saturated heterocycles. The topological polar surface area (TPSA) is 74.0 Å². The standard InChI is InChI=1S/C12H12N2O2Si/c1-17(2,3)5-4-10-6-9(7-13)8-14-11(10)12(15)16/h6,8H,1-3H3,(H,15,16). The van der Waals surface area contributed by atoms with E-state index in [2.05, 4.69) is 36.1 Å². The number of nitrogens with zero attached hydrogens (tertiary/aromatic N) is 2. The second-order valence-electron chi connectivity index (χ2n) is 4.54. The highest BCUT2D eigenvalue weighted by atomic mass is 28.3. The molecule has 1 aromatic heterocycles. The molecule has 1 rings (SSSR count). The Morgan fingerprint density at radius 2 is 2.12 bits per heavy atom. The van der Waals surface area contributed by atoms with Crippen LogP contribution in [0.5, 0.6) is 0 Å². The van der Waals surface area contributed by atoms with Crippen molar-refractivity contribution in [3.05, 3.63) is 29.1 Å². The van der Waals surface area contributed by atoms with Gasteiger partial charge in [0.15, 0.2) is 5.69 Å². The third-order valence-corrected chi connectivity index (χ3v) is 2.67. The van der Waals surface area contributed by atoms with Gasteiger partial charge in [0.1, 0.15) is 14.1 Å². The number of hydrogen-bond acceptors (Lipinski definition) is 3. The van der Waals surface area contributed by atoms with Gasteiger partial charge in [-0.2, -0.15) is 5.26 Å². The third kappa shape index (κ3) is 3.75. The number of rotatable bonds is 1. The number of aromatic nitrogens is 1. The second kappa shape index (κ2) is 4.81. The molecule has 0 amide bonds. The highest BCUT2D eigenvalue weighted by Crippen LogP contribution is 2.08. The van der Waals surface area contributed by atoms with Crippen LogP contribution in [-0.2, 0) is 0 Å². The van der Waals surface area contributed by atoms with Crippen molar-refractivity contribution in [2.45, 2.75) is 19.6 Å². The van der Waals surface area contributed by atoms with E-state index < -0.39 is 14.0 Å². The maximum absolute atomic E-state index is 10.9. The van der Waals surface area contributed by atoms with Gasteiger partial charge in [-0.05, 0) is 6.07 Å². The van der Waals surface area contributed by atoms with Crippen LogP contribution in [0.25, 0.3) is 0 Å². The quantitative estimate of drug-likeness (QED) is 0.604. The highest BCUT2D eigenvalue weighted by molar-refractivity contribution is 6.83. The first-order chi connectivity index (χ1) is 7.83. The summed E-state index contributed by atoms with van der Waals surface area (Å²) in [6, 6.07) is 3.38. The van der Waals surface area contributed by atoms with Crippen molar-refractivity contribution in [2.24, 2.45) is 0 Å². The summed E-state index contributed by atoms with van der Waals surface area (Å²) in [6.45, 7) is 6.17. The molecule has 0 atom stereocenters. The molecule has 1 N–H and O–H groups in total. The Morgan fingerprint density at radius 3 is 2.59 bits per heavy atom. The van der Waals surface area contributed by atoms with Gasteiger partial charge < -0.3 is 5.11 Å².